The van der Waals surface area contributed by atoms with Crippen molar-refractivity contribution in [2.24, 2.45) is 0 Å². The lowest BCUT2D eigenvalue weighted by atomic mass is 10.1. The molecule has 4 heteroatoms. The number of rotatable bonds is 1. The molecule has 0 N–H and O–H groups in total. The van der Waals surface area contributed by atoms with Crippen molar-refractivity contribution in [3.05, 3.63) is 65.6 Å². The van der Waals surface area contributed by atoms with Gasteiger partial charge in [0.25, 0.3) is 5.91 Å². The lowest BCUT2D eigenvalue weighted by Crippen LogP contribution is -2.36. The highest BCUT2D eigenvalue weighted by molar-refractivity contribution is 6.09. The predicted molar refractivity (Wildman–Crippen MR) is 90.7 cm³/mol. The molecular formula is C19H17N3O. The van der Waals surface area contributed by atoms with Gasteiger partial charge in [-0.3, -0.25) is 14.8 Å². The maximum Gasteiger partial charge on any atom is 0.260 e. The SMILES string of the molecule is Cc1nc2ccncc2cc1C(=O)N1c2ccccc2CC1C. The molecule has 0 radical (unpaired) electrons. The topological polar surface area (TPSA) is 46.1 Å². The zero-order valence-corrected chi connectivity index (χ0v) is 13.2. The summed E-state index contributed by atoms with van der Waals surface area (Å²) in [6.07, 6.45) is 4.36. The lowest BCUT2D eigenvalue weighted by Gasteiger charge is -2.23. The molecule has 1 unspecified atom stereocenters. The van der Waals surface area contributed by atoms with Gasteiger partial charge in [0.15, 0.2) is 0 Å². The molecule has 0 saturated carbocycles. The number of carbonyl (C=O) groups is 1. The molecule has 0 spiro atoms. The maximum atomic E-state index is 13.2. The molecule has 23 heavy (non-hydrogen) atoms. The Morgan fingerprint density at radius 1 is 1.26 bits per heavy atom. The molecule has 0 bridgehead atoms. The third-order valence-corrected chi connectivity index (χ3v) is 4.46. The van der Waals surface area contributed by atoms with E-state index >= 15 is 0 Å². The first-order chi connectivity index (χ1) is 11.1. The number of pyridine rings is 2. The van der Waals surface area contributed by atoms with E-state index in [9.17, 15) is 4.79 Å². The van der Waals surface area contributed by atoms with Crippen molar-refractivity contribution < 1.29 is 4.79 Å². The minimum absolute atomic E-state index is 0.0122. The second-order valence-electron chi connectivity index (χ2n) is 6.05. The van der Waals surface area contributed by atoms with Crippen LogP contribution in [0.25, 0.3) is 10.9 Å². The van der Waals surface area contributed by atoms with Crippen LogP contribution in [0.15, 0.2) is 48.8 Å². The minimum atomic E-state index is 0.0122. The monoisotopic (exact) mass is 303 g/mol. The van der Waals surface area contributed by atoms with E-state index in [1.807, 2.05) is 42.2 Å². The van der Waals surface area contributed by atoms with Crippen LogP contribution in [0.5, 0.6) is 0 Å². The normalized spacial score (nSPS) is 16.6. The molecule has 1 aliphatic heterocycles. The predicted octanol–water partition coefficient (Wildman–Crippen LogP) is 3.53. The summed E-state index contributed by atoms with van der Waals surface area (Å²) in [5.41, 5.74) is 4.50. The van der Waals surface area contributed by atoms with E-state index in [4.69, 9.17) is 0 Å². The van der Waals surface area contributed by atoms with Gasteiger partial charge >= 0.3 is 0 Å². The highest BCUT2D eigenvalue weighted by Crippen LogP contribution is 2.33. The Morgan fingerprint density at radius 3 is 2.96 bits per heavy atom. The standard InChI is InChI=1S/C19H17N3O/c1-12-9-14-5-3-4-6-18(14)22(12)19(23)16-10-15-11-20-8-7-17(15)21-13(16)2/h3-8,10-12H,9H2,1-2H3. The van der Waals surface area contributed by atoms with E-state index < -0.39 is 0 Å². The van der Waals surface area contributed by atoms with Crippen molar-refractivity contribution in [3.63, 3.8) is 0 Å². The Morgan fingerprint density at radius 2 is 2.09 bits per heavy atom. The van der Waals surface area contributed by atoms with Crippen LogP contribution in [0.3, 0.4) is 0 Å². The molecule has 4 nitrogen and oxygen atoms in total. The first kappa shape index (κ1) is 13.9. The number of amides is 1. The van der Waals surface area contributed by atoms with Gasteiger partial charge in [0, 0.05) is 29.5 Å². The van der Waals surface area contributed by atoms with Crippen LogP contribution in [0.1, 0.15) is 28.5 Å². The van der Waals surface area contributed by atoms with Crippen LogP contribution in [0, 0.1) is 6.92 Å². The van der Waals surface area contributed by atoms with Crippen molar-refractivity contribution in [1.29, 1.82) is 0 Å². The molecule has 3 aromatic rings. The van der Waals surface area contributed by atoms with Crippen LogP contribution in [0.4, 0.5) is 5.69 Å². The van der Waals surface area contributed by atoms with E-state index in [0.717, 1.165) is 28.7 Å². The number of fused-ring (bicyclic) bond motifs is 2. The number of aryl methyl sites for hydroxylation is 1. The molecule has 4 rings (SSSR count). The van der Waals surface area contributed by atoms with E-state index in [2.05, 4.69) is 23.0 Å². The van der Waals surface area contributed by atoms with E-state index in [0.29, 0.717) is 5.56 Å². The molecule has 3 heterocycles. The number of aromatic nitrogens is 2. The quantitative estimate of drug-likeness (QED) is 0.691. The van der Waals surface area contributed by atoms with Crippen molar-refractivity contribution >= 4 is 22.5 Å². The molecule has 1 amide bonds. The van der Waals surface area contributed by atoms with Gasteiger partial charge in [0.05, 0.1) is 16.8 Å². The third kappa shape index (κ3) is 2.18. The first-order valence-electron chi connectivity index (χ1n) is 7.78. The zero-order chi connectivity index (χ0) is 16.0. The summed E-state index contributed by atoms with van der Waals surface area (Å²) in [5.74, 6) is 0.0122. The van der Waals surface area contributed by atoms with Crippen molar-refractivity contribution in [3.8, 4) is 0 Å². The number of anilines is 1. The van der Waals surface area contributed by atoms with Crippen LogP contribution in [-0.2, 0) is 6.42 Å². The average molecular weight is 303 g/mol. The van der Waals surface area contributed by atoms with Gasteiger partial charge < -0.3 is 4.90 Å². The Bertz CT molecular complexity index is 919. The van der Waals surface area contributed by atoms with Crippen LogP contribution >= 0.6 is 0 Å². The van der Waals surface area contributed by atoms with E-state index in [-0.39, 0.29) is 11.9 Å². The Balaban J connectivity index is 1.82. The van der Waals surface area contributed by atoms with Gasteiger partial charge in [-0.2, -0.15) is 0 Å². The Labute approximate surface area is 134 Å². The molecule has 2 aromatic heterocycles. The van der Waals surface area contributed by atoms with Gasteiger partial charge in [-0.15, -0.1) is 0 Å². The van der Waals surface area contributed by atoms with Gasteiger partial charge in [-0.1, -0.05) is 18.2 Å². The lowest BCUT2D eigenvalue weighted by molar-refractivity contribution is 0.0980. The van der Waals surface area contributed by atoms with Crippen molar-refractivity contribution in [1.82, 2.24) is 9.97 Å². The fourth-order valence-electron chi connectivity index (χ4n) is 3.33. The van der Waals surface area contributed by atoms with Crippen LogP contribution < -0.4 is 4.90 Å². The summed E-state index contributed by atoms with van der Waals surface area (Å²) in [6, 6.07) is 12.0. The number of hydrogen-bond donors (Lipinski definition) is 0. The van der Waals surface area contributed by atoms with Crippen LogP contribution in [0.2, 0.25) is 0 Å². The molecule has 0 fully saturated rings. The second-order valence-corrected chi connectivity index (χ2v) is 6.05. The van der Waals surface area contributed by atoms with E-state index in [1.165, 1.54) is 5.56 Å². The molecule has 1 aromatic carbocycles. The van der Waals surface area contributed by atoms with Crippen molar-refractivity contribution in [2.75, 3.05) is 4.90 Å². The fourth-order valence-corrected chi connectivity index (χ4v) is 3.33. The van der Waals surface area contributed by atoms with Gasteiger partial charge in [0.2, 0.25) is 0 Å². The minimum Gasteiger partial charge on any atom is -0.305 e. The molecule has 1 aliphatic rings. The average Bonchev–Trinajstić information content (AvgIpc) is 2.89. The number of hydrogen-bond acceptors (Lipinski definition) is 3. The third-order valence-electron chi connectivity index (χ3n) is 4.46. The summed E-state index contributed by atoms with van der Waals surface area (Å²) >= 11 is 0. The molecule has 114 valence electrons. The zero-order valence-electron chi connectivity index (χ0n) is 13.2. The summed E-state index contributed by atoms with van der Waals surface area (Å²) in [7, 11) is 0. The maximum absolute atomic E-state index is 13.2. The van der Waals surface area contributed by atoms with Crippen molar-refractivity contribution in [2.45, 2.75) is 26.3 Å². The molecule has 0 saturated heterocycles. The number of para-hydroxylation sites is 1. The number of benzene rings is 1. The Kier molecular flexibility index (Phi) is 3.11. The van der Waals surface area contributed by atoms with E-state index in [1.54, 1.807) is 12.4 Å². The summed E-state index contributed by atoms with van der Waals surface area (Å²) in [4.78, 5) is 23.7. The van der Waals surface area contributed by atoms with Crippen LogP contribution in [-0.4, -0.2) is 21.9 Å². The molecule has 0 aliphatic carbocycles. The Hall–Kier alpha value is -2.75. The second kappa shape index (κ2) is 5.16. The molecule has 1 atom stereocenters. The fraction of sp³-hybridized carbons (Fsp3) is 0.211. The number of nitrogens with zero attached hydrogens (tertiary/aromatic N) is 3. The summed E-state index contributed by atoms with van der Waals surface area (Å²) in [6.45, 7) is 3.98. The molecular weight excluding hydrogens is 286 g/mol. The summed E-state index contributed by atoms with van der Waals surface area (Å²) < 4.78 is 0. The highest BCUT2D eigenvalue weighted by Gasteiger charge is 2.32. The van der Waals surface area contributed by atoms with Gasteiger partial charge in [-0.05, 0) is 44.0 Å². The first-order valence-corrected chi connectivity index (χ1v) is 7.78. The number of carbonyl (C=O) groups excluding carboxylic acids is 1. The largest absolute Gasteiger partial charge is 0.305 e. The smallest absolute Gasteiger partial charge is 0.260 e. The van der Waals surface area contributed by atoms with Gasteiger partial charge in [-0.25, -0.2) is 0 Å². The highest BCUT2D eigenvalue weighted by atomic mass is 16.2. The summed E-state index contributed by atoms with van der Waals surface area (Å²) in [5, 5.41) is 0.890. The van der Waals surface area contributed by atoms with Gasteiger partial charge in [0.1, 0.15) is 0 Å².